The first-order valence-corrected chi connectivity index (χ1v) is 7.27. The van der Waals surface area contributed by atoms with Gasteiger partial charge in [0, 0.05) is 25.3 Å². The molecular weight excluding hydrogens is 284 g/mol. The lowest BCUT2D eigenvalue weighted by molar-refractivity contribution is 0.104. The first-order valence-electron chi connectivity index (χ1n) is 7.27. The molecule has 3 heteroatoms. The van der Waals surface area contributed by atoms with Crippen molar-refractivity contribution in [1.29, 1.82) is 5.26 Å². The van der Waals surface area contributed by atoms with E-state index in [1.54, 1.807) is 30.3 Å². The molecule has 0 aromatic heterocycles. The van der Waals surface area contributed by atoms with E-state index in [-0.39, 0.29) is 5.78 Å². The number of nitrogens with zero attached hydrogens (tertiary/aromatic N) is 2. The van der Waals surface area contributed by atoms with Crippen LogP contribution >= 0.6 is 0 Å². The molecule has 0 N–H and O–H groups in total. The number of anilines is 1. The van der Waals surface area contributed by atoms with E-state index in [2.05, 4.69) is 0 Å². The van der Waals surface area contributed by atoms with E-state index in [0.29, 0.717) is 11.1 Å². The van der Waals surface area contributed by atoms with E-state index in [1.807, 2.05) is 61.5 Å². The molecule has 0 amide bonds. The second-order valence-electron chi connectivity index (χ2n) is 5.26. The van der Waals surface area contributed by atoms with E-state index in [1.165, 1.54) is 6.08 Å². The number of carbonyl (C=O) groups is 1. The highest BCUT2D eigenvalue weighted by molar-refractivity contribution is 6.04. The van der Waals surface area contributed by atoms with Crippen LogP contribution < -0.4 is 4.90 Å². The van der Waals surface area contributed by atoms with Crippen LogP contribution in [0.25, 0.3) is 6.08 Å². The van der Waals surface area contributed by atoms with Crippen LogP contribution in [0.15, 0.2) is 66.8 Å². The molecule has 0 unspecified atom stereocenters. The Morgan fingerprint density at radius 1 is 1.00 bits per heavy atom. The second-order valence-corrected chi connectivity index (χ2v) is 5.26. The number of hydrogen-bond donors (Lipinski definition) is 0. The van der Waals surface area contributed by atoms with Crippen molar-refractivity contribution in [3.63, 3.8) is 0 Å². The third-order valence-electron chi connectivity index (χ3n) is 3.36. The molecule has 0 aliphatic rings. The van der Waals surface area contributed by atoms with Gasteiger partial charge in [0.2, 0.25) is 0 Å². The minimum atomic E-state index is -0.0814. The molecule has 23 heavy (non-hydrogen) atoms. The molecule has 2 aromatic carbocycles. The van der Waals surface area contributed by atoms with Crippen molar-refractivity contribution in [2.45, 2.75) is 0 Å². The lowest BCUT2D eigenvalue weighted by Crippen LogP contribution is -2.07. The molecule has 0 aliphatic carbocycles. The number of carbonyl (C=O) groups excluding carboxylic acids is 1. The number of rotatable bonds is 5. The quantitative estimate of drug-likeness (QED) is 0.475. The van der Waals surface area contributed by atoms with Crippen LogP contribution in [0.1, 0.15) is 21.5 Å². The summed E-state index contributed by atoms with van der Waals surface area (Å²) in [5, 5.41) is 8.74. The van der Waals surface area contributed by atoms with Gasteiger partial charge < -0.3 is 4.90 Å². The zero-order chi connectivity index (χ0) is 16.7. The predicted molar refractivity (Wildman–Crippen MR) is 94.4 cm³/mol. The Morgan fingerprint density at radius 3 is 2.22 bits per heavy atom. The maximum absolute atomic E-state index is 12.0. The first-order chi connectivity index (χ1) is 11.1. The smallest absolute Gasteiger partial charge is 0.185 e. The van der Waals surface area contributed by atoms with Gasteiger partial charge in [-0.3, -0.25) is 4.79 Å². The van der Waals surface area contributed by atoms with Gasteiger partial charge in [0.05, 0.1) is 11.6 Å². The van der Waals surface area contributed by atoms with Crippen molar-refractivity contribution >= 4 is 17.5 Å². The maximum atomic E-state index is 12.0. The second kappa shape index (κ2) is 7.77. The Kier molecular flexibility index (Phi) is 5.49. The monoisotopic (exact) mass is 302 g/mol. The number of ketones is 1. The Balaban J connectivity index is 1.97. The molecule has 2 aromatic rings. The highest BCUT2D eigenvalue weighted by atomic mass is 16.1. The summed E-state index contributed by atoms with van der Waals surface area (Å²) in [5.74, 6) is -0.0814. The van der Waals surface area contributed by atoms with Gasteiger partial charge in [-0.2, -0.15) is 5.26 Å². The highest BCUT2D eigenvalue weighted by Crippen LogP contribution is 2.13. The van der Waals surface area contributed by atoms with Crippen molar-refractivity contribution in [1.82, 2.24) is 0 Å². The number of benzene rings is 2. The van der Waals surface area contributed by atoms with Crippen LogP contribution in [0.4, 0.5) is 5.69 Å². The Hall–Kier alpha value is -3.12. The summed E-state index contributed by atoms with van der Waals surface area (Å²) in [6.45, 7) is 0. The molecule has 0 radical (unpaired) electrons. The summed E-state index contributed by atoms with van der Waals surface area (Å²) < 4.78 is 0. The number of nitriles is 1. The van der Waals surface area contributed by atoms with Crippen LogP contribution in [0.2, 0.25) is 0 Å². The molecule has 0 saturated heterocycles. The molecule has 2 rings (SSSR count). The van der Waals surface area contributed by atoms with Crippen molar-refractivity contribution in [3.05, 3.63) is 83.4 Å². The lowest BCUT2D eigenvalue weighted by atomic mass is 10.1. The van der Waals surface area contributed by atoms with Gasteiger partial charge in [-0.1, -0.05) is 30.4 Å². The van der Waals surface area contributed by atoms with Crippen molar-refractivity contribution in [3.8, 4) is 6.07 Å². The molecule has 0 spiro atoms. The van der Waals surface area contributed by atoms with Crippen LogP contribution in [0.5, 0.6) is 0 Å². The van der Waals surface area contributed by atoms with Gasteiger partial charge in [-0.15, -0.1) is 0 Å². The average molecular weight is 302 g/mol. The summed E-state index contributed by atoms with van der Waals surface area (Å²) in [6.07, 6.45) is 7.03. The topological polar surface area (TPSA) is 44.1 Å². The summed E-state index contributed by atoms with van der Waals surface area (Å²) in [4.78, 5) is 14.0. The number of allylic oxidation sites excluding steroid dienone is 3. The zero-order valence-electron chi connectivity index (χ0n) is 13.2. The van der Waals surface area contributed by atoms with Crippen LogP contribution in [0, 0.1) is 11.3 Å². The van der Waals surface area contributed by atoms with Crippen molar-refractivity contribution < 1.29 is 4.79 Å². The van der Waals surface area contributed by atoms with Crippen LogP contribution in [0.3, 0.4) is 0 Å². The van der Waals surface area contributed by atoms with Crippen LogP contribution in [-0.4, -0.2) is 19.9 Å². The first kappa shape index (κ1) is 16.3. The van der Waals surface area contributed by atoms with E-state index >= 15 is 0 Å². The maximum Gasteiger partial charge on any atom is 0.185 e. The molecule has 0 saturated carbocycles. The summed E-state index contributed by atoms with van der Waals surface area (Å²) in [5.41, 5.74) is 3.34. The zero-order valence-corrected chi connectivity index (χ0v) is 13.2. The largest absolute Gasteiger partial charge is 0.378 e. The Labute approximate surface area is 136 Å². The average Bonchev–Trinajstić information content (AvgIpc) is 2.59. The summed E-state index contributed by atoms with van der Waals surface area (Å²) in [7, 11) is 4.00. The molecule has 114 valence electrons. The van der Waals surface area contributed by atoms with E-state index in [9.17, 15) is 4.79 Å². The van der Waals surface area contributed by atoms with E-state index in [0.717, 1.165) is 11.3 Å². The fourth-order valence-corrected chi connectivity index (χ4v) is 2.00. The Morgan fingerprint density at radius 2 is 1.65 bits per heavy atom. The Bertz CT molecular complexity index is 761. The molecule has 3 nitrogen and oxygen atoms in total. The third-order valence-corrected chi connectivity index (χ3v) is 3.36. The highest BCUT2D eigenvalue weighted by Gasteiger charge is 2.00. The van der Waals surface area contributed by atoms with Crippen LogP contribution in [-0.2, 0) is 0 Å². The molecule has 0 atom stereocenters. The lowest BCUT2D eigenvalue weighted by Gasteiger charge is -2.11. The minimum Gasteiger partial charge on any atom is -0.378 e. The van der Waals surface area contributed by atoms with E-state index in [4.69, 9.17) is 5.26 Å². The summed E-state index contributed by atoms with van der Waals surface area (Å²) >= 11 is 0. The standard InChI is InChI=1S/C20H18N2O/c1-22(2)19-13-9-16(10-14-19)5-3-4-6-20(23)18-11-7-17(15-21)8-12-18/h3-14H,1-2H3/b5-3+,6-4+. The van der Waals surface area contributed by atoms with Gasteiger partial charge in [0.15, 0.2) is 5.78 Å². The fraction of sp³-hybridized carbons (Fsp3) is 0.100. The molecular formula is C20H18N2O. The molecule has 0 bridgehead atoms. The van der Waals surface area contributed by atoms with Gasteiger partial charge in [-0.05, 0) is 48.0 Å². The fourth-order valence-electron chi connectivity index (χ4n) is 2.00. The number of hydrogen-bond acceptors (Lipinski definition) is 3. The molecule has 0 heterocycles. The van der Waals surface area contributed by atoms with Gasteiger partial charge in [-0.25, -0.2) is 0 Å². The van der Waals surface area contributed by atoms with Crippen molar-refractivity contribution in [2.24, 2.45) is 0 Å². The summed E-state index contributed by atoms with van der Waals surface area (Å²) in [6, 6.07) is 16.8. The van der Waals surface area contributed by atoms with Gasteiger partial charge in [0.25, 0.3) is 0 Å². The predicted octanol–water partition coefficient (Wildman–Crippen LogP) is 4.08. The van der Waals surface area contributed by atoms with Crippen molar-refractivity contribution in [2.75, 3.05) is 19.0 Å². The SMILES string of the molecule is CN(C)c1ccc(/C=C/C=C/C(=O)c2ccc(C#N)cc2)cc1. The third kappa shape index (κ3) is 4.69. The molecule has 0 fully saturated rings. The van der Waals surface area contributed by atoms with Gasteiger partial charge >= 0.3 is 0 Å². The minimum absolute atomic E-state index is 0.0814. The van der Waals surface area contributed by atoms with E-state index < -0.39 is 0 Å². The van der Waals surface area contributed by atoms with Gasteiger partial charge in [0.1, 0.15) is 0 Å². The normalized spacial score (nSPS) is 10.8. The molecule has 0 aliphatic heterocycles.